The lowest BCUT2D eigenvalue weighted by Gasteiger charge is -2.22. The lowest BCUT2D eigenvalue weighted by atomic mass is 9.82. The summed E-state index contributed by atoms with van der Waals surface area (Å²) >= 11 is 0. The first-order valence-corrected chi connectivity index (χ1v) is 10.1. The molecule has 4 rings (SSSR count). The van der Waals surface area contributed by atoms with Gasteiger partial charge in [-0.2, -0.15) is 0 Å². The summed E-state index contributed by atoms with van der Waals surface area (Å²) in [6.45, 7) is 10.6. The zero-order valence-electron chi connectivity index (χ0n) is 17.4. The van der Waals surface area contributed by atoms with Crippen LogP contribution in [-0.4, -0.2) is 0 Å². The number of hydrogen-bond donors (Lipinski definition) is 1. The molecule has 0 amide bonds. The van der Waals surface area contributed by atoms with Crippen LogP contribution in [0.15, 0.2) is 97.6 Å². The molecule has 0 aliphatic heterocycles. The molecule has 1 aliphatic rings. The zero-order valence-corrected chi connectivity index (χ0v) is 17.4. The van der Waals surface area contributed by atoms with Crippen LogP contribution in [0.4, 0.5) is 11.4 Å². The standard InChI is InChI=1S/C28H27N/c1-5-7-10-20(6-2)21-13-15-22(16-14-21)29-23-17-18-25-24-11-8-9-12-26(24)28(3,4)27(25)19-23/h5-19,29H,2H2,1,3-4H3/b7-5-,20-10+. The van der Waals surface area contributed by atoms with Gasteiger partial charge in [0.1, 0.15) is 0 Å². The van der Waals surface area contributed by atoms with E-state index in [2.05, 4.69) is 98.5 Å². The maximum Gasteiger partial charge on any atom is 0.0387 e. The number of hydrogen-bond acceptors (Lipinski definition) is 1. The highest BCUT2D eigenvalue weighted by Crippen LogP contribution is 2.49. The van der Waals surface area contributed by atoms with Gasteiger partial charge in [0.2, 0.25) is 0 Å². The average molecular weight is 378 g/mol. The summed E-state index contributed by atoms with van der Waals surface area (Å²) in [6.07, 6.45) is 8.03. The summed E-state index contributed by atoms with van der Waals surface area (Å²) in [6, 6.07) is 24.0. The molecule has 0 bridgehead atoms. The third kappa shape index (κ3) is 3.45. The molecule has 29 heavy (non-hydrogen) atoms. The Morgan fingerprint density at radius 2 is 1.55 bits per heavy atom. The van der Waals surface area contributed by atoms with Gasteiger partial charge < -0.3 is 5.32 Å². The number of fused-ring (bicyclic) bond motifs is 3. The largest absolute Gasteiger partial charge is 0.356 e. The summed E-state index contributed by atoms with van der Waals surface area (Å²) in [5, 5.41) is 3.57. The predicted octanol–water partition coefficient (Wildman–Crippen LogP) is 7.88. The molecule has 0 fully saturated rings. The van der Waals surface area contributed by atoms with E-state index >= 15 is 0 Å². The lowest BCUT2D eigenvalue weighted by molar-refractivity contribution is 0.660. The first kappa shape index (κ1) is 19.0. The van der Waals surface area contributed by atoms with Crippen molar-refractivity contribution in [2.45, 2.75) is 26.2 Å². The van der Waals surface area contributed by atoms with Gasteiger partial charge in [0.05, 0.1) is 0 Å². The van der Waals surface area contributed by atoms with E-state index in [1.807, 2.05) is 25.2 Å². The van der Waals surface area contributed by atoms with Crippen LogP contribution in [0.3, 0.4) is 0 Å². The molecule has 0 atom stereocenters. The van der Waals surface area contributed by atoms with Gasteiger partial charge in [-0.3, -0.25) is 0 Å². The van der Waals surface area contributed by atoms with Crippen molar-refractivity contribution in [3.05, 3.63) is 114 Å². The number of nitrogens with one attached hydrogen (secondary N) is 1. The van der Waals surface area contributed by atoms with Crippen LogP contribution >= 0.6 is 0 Å². The van der Waals surface area contributed by atoms with E-state index in [1.165, 1.54) is 22.3 Å². The smallest absolute Gasteiger partial charge is 0.0387 e. The van der Waals surface area contributed by atoms with Crippen molar-refractivity contribution in [2.24, 2.45) is 0 Å². The molecule has 1 heteroatoms. The van der Waals surface area contributed by atoms with Crippen molar-refractivity contribution in [3.8, 4) is 11.1 Å². The second-order valence-electron chi connectivity index (χ2n) is 7.99. The SMILES string of the molecule is C=C/C(=C\C=C/C)c1ccc(Nc2ccc3c(c2)C(C)(C)c2ccccc2-3)cc1. The van der Waals surface area contributed by atoms with Crippen molar-refractivity contribution < 1.29 is 0 Å². The highest BCUT2D eigenvalue weighted by atomic mass is 14.9. The molecule has 144 valence electrons. The van der Waals surface area contributed by atoms with E-state index in [0.717, 1.165) is 22.5 Å². The second-order valence-corrected chi connectivity index (χ2v) is 7.99. The van der Waals surface area contributed by atoms with Crippen LogP contribution in [0.2, 0.25) is 0 Å². The summed E-state index contributed by atoms with van der Waals surface area (Å²) in [7, 11) is 0. The fourth-order valence-corrected chi connectivity index (χ4v) is 4.18. The maximum atomic E-state index is 3.93. The predicted molar refractivity (Wildman–Crippen MR) is 127 cm³/mol. The van der Waals surface area contributed by atoms with E-state index in [9.17, 15) is 0 Å². The van der Waals surface area contributed by atoms with Crippen molar-refractivity contribution in [2.75, 3.05) is 5.32 Å². The minimum atomic E-state index is 0.0178. The molecular formula is C28H27N. The number of rotatable bonds is 5. The van der Waals surface area contributed by atoms with Crippen molar-refractivity contribution >= 4 is 16.9 Å². The van der Waals surface area contributed by atoms with Crippen LogP contribution in [0.25, 0.3) is 16.7 Å². The normalized spacial score (nSPS) is 14.5. The Labute approximate surface area is 174 Å². The second kappa shape index (κ2) is 7.60. The Hall–Kier alpha value is -3.32. The molecular weight excluding hydrogens is 350 g/mol. The van der Waals surface area contributed by atoms with Crippen molar-refractivity contribution in [1.29, 1.82) is 0 Å². The Balaban J connectivity index is 1.61. The van der Waals surface area contributed by atoms with Crippen LogP contribution < -0.4 is 5.32 Å². The van der Waals surface area contributed by atoms with E-state index in [4.69, 9.17) is 0 Å². The number of benzene rings is 3. The van der Waals surface area contributed by atoms with Gasteiger partial charge in [0, 0.05) is 16.8 Å². The molecule has 0 radical (unpaired) electrons. The Morgan fingerprint density at radius 3 is 2.28 bits per heavy atom. The van der Waals surface area contributed by atoms with Gasteiger partial charge >= 0.3 is 0 Å². The fourth-order valence-electron chi connectivity index (χ4n) is 4.18. The third-order valence-corrected chi connectivity index (χ3v) is 5.78. The van der Waals surface area contributed by atoms with E-state index < -0.39 is 0 Å². The highest BCUT2D eigenvalue weighted by Gasteiger charge is 2.35. The summed E-state index contributed by atoms with van der Waals surface area (Å²) < 4.78 is 0. The van der Waals surface area contributed by atoms with Gasteiger partial charge in [-0.15, -0.1) is 0 Å². The first-order chi connectivity index (χ1) is 14.0. The maximum absolute atomic E-state index is 3.93. The van der Waals surface area contributed by atoms with Gasteiger partial charge in [0.15, 0.2) is 0 Å². The van der Waals surface area contributed by atoms with Crippen LogP contribution in [0, 0.1) is 0 Å². The molecule has 0 saturated heterocycles. The zero-order chi connectivity index (χ0) is 20.4. The molecule has 3 aromatic rings. The lowest BCUT2D eigenvalue weighted by Crippen LogP contribution is -2.15. The molecule has 0 unspecified atom stereocenters. The molecule has 1 N–H and O–H groups in total. The van der Waals surface area contributed by atoms with Crippen molar-refractivity contribution in [3.63, 3.8) is 0 Å². The quantitative estimate of drug-likeness (QED) is 0.446. The van der Waals surface area contributed by atoms with Gasteiger partial charge in [-0.25, -0.2) is 0 Å². The highest BCUT2D eigenvalue weighted by molar-refractivity contribution is 5.83. The Kier molecular flexibility index (Phi) is 4.98. The summed E-state index contributed by atoms with van der Waals surface area (Å²) in [4.78, 5) is 0. The van der Waals surface area contributed by atoms with Gasteiger partial charge in [0.25, 0.3) is 0 Å². The minimum absolute atomic E-state index is 0.0178. The molecule has 1 nitrogen and oxygen atoms in total. The summed E-state index contributed by atoms with van der Waals surface area (Å²) in [5.74, 6) is 0. The van der Waals surface area contributed by atoms with Gasteiger partial charge in [-0.05, 0) is 64.6 Å². The monoisotopic (exact) mass is 377 g/mol. The Bertz CT molecular complexity index is 1110. The third-order valence-electron chi connectivity index (χ3n) is 5.78. The fraction of sp³-hybridized carbons (Fsp3) is 0.143. The molecule has 0 aromatic heterocycles. The topological polar surface area (TPSA) is 12.0 Å². The van der Waals surface area contributed by atoms with Crippen LogP contribution in [0.5, 0.6) is 0 Å². The summed E-state index contributed by atoms with van der Waals surface area (Å²) in [5.41, 5.74) is 9.97. The van der Waals surface area contributed by atoms with E-state index in [-0.39, 0.29) is 5.41 Å². The Morgan fingerprint density at radius 1 is 0.862 bits per heavy atom. The molecule has 0 saturated carbocycles. The van der Waals surface area contributed by atoms with Gasteiger partial charge in [-0.1, -0.05) is 87.2 Å². The molecule has 1 aliphatic carbocycles. The average Bonchev–Trinajstić information content (AvgIpc) is 2.97. The van der Waals surface area contributed by atoms with E-state index in [0.29, 0.717) is 0 Å². The van der Waals surface area contributed by atoms with Crippen LogP contribution in [-0.2, 0) is 5.41 Å². The number of allylic oxidation sites excluding steroid dienone is 5. The molecule has 0 heterocycles. The van der Waals surface area contributed by atoms with Crippen LogP contribution in [0.1, 0.15) is 37.5 Å². The first-order valence-electron chi connectivity index (χ1n) is 10.1. The molecule has 3 aromatic carbocycles. The minimum Gasteiger partial charge on any atom is -0.356 e. The number of anilines is 2. The van der Waals surface area contributed by atoms with Crippen molar-refractivity contribution in [1.82, 2.24) is 0 Å². The molecule has 0 spiro atoms. The van der Waals surface area contributed by atoms with E-state index in [1.54, 1.807) is 0 Å².